The summed E-state index contributed by atoms with van der Waals surface area (Å²) in [5.74, 6) is 5.59. The molecule has 3 N–H and O–H groups in total. The zero-order valence-electron chi connectivity index (χ0n) is 9.61. The molecule has 0 radical (unpaired) electrons. The molecule has 0 aromatic carbocycles. The van der Waals surface area contributed by atoms with Crippen molar-refractivity contribution >= 4 is 11.3 Å². The monoisotopic (exact) mass is 241 g/mol. The Morgan fingerprint density at radius 1 is 1.75 bits per heavy atom. The second kappa shape index (κ2) is 5.72. The molecule has 2 unspecified atom stereocenters. The maximum absolute atomic E-state index is 5.61. The number of hydrogen-bond acceptors (Lipinski definition) is 5. The zero-order chi connectivity index (χ0) is 11.4. The van der Waals surface area contributed by atoms with Gasteiger partial charge in [0.1, 0.15) is 0 Å². The molecular weight excluding hydrogens is 222 g/mol. The minimum Gasteiger partial charge on any atom is -0.378 e. The van der Waals surface area contributed by atoms with Crippen molar-refractivity contribution in [3.63, 3.8) is 0 Å². The van der Waals surface area contributed by atoms with Gasteiger partial charge >= 0.3 is 0 Å². The van der Waals surface area contributed by atoms with E-state index in [1.54, 1.807) is 11.3 Å². The molecule has 5 heteroatoms. The van der Waals surface area contributed by atoms with Gasteiger partial charge < -0.3 is 4.74 Å². The predicted molar refractivity (Wildman–Crippen MR) is 65.1 cm³/mol. The molecule has 4 nitrogen and oxygen atoms in total. The number of aryl methyl sites for hydroxylation is 1. The van der Waals surface area contributed by atoms with Crippen molar-refractivity contribution in [1.82, 2.24) is 10.4 Å². The van der Waals surface area contributed by atoms with Gasteiger partial charge in [0.2, 0.25) is 0 Å². The molecule has 0 saturated carbocycles. The number of hydrogen-bond donors (Lipinski definition) is 2. The lowest BCUT2D eigenvalue weighted by molar-refractivity contribution is 0.0997. The minimum atomic E-state index is 0.218. The Balaban J connectivity index is 1.85. The van der Waals surface area contributed by atoms with Gasteiger partial charge in [-0.1, -0.05) is 0 Å². The second-order valence-corrected chi connectivity index (χ2v) is 5.48. The summed E-state index contributed by atoms with van der Waals surface area (Å²) >= 11 is 1.71. The topological polar surface area (TPSA) is 60.2 Å². The molecule has 90 valence electrons. The number of nitrogens with zero attached hydrogens (tertiary/aromatic N) is 1. The van der Waals surface area contributed by atoms with Crippen LogP contribution in [0.1, 0.15) is 41.6 Å². The first-order valence-electron chi connectivity index (χ1n) is 5.79. The van der Waals surface area contributed by atoms with Crippen molar-refractivity contribution < 1.29 is 4.74 Å². The quantitative estimate of drug-likeness (QED) is 0.611. The Bertz CT molecular complexity index is 323. The smallest absolute Gasteiger partial charge is 0.0897 e. The molecule has 0 amide bonds. The van der Waals surface area contributed by atoms with E-state index in [0.29, 0.717) is 6.10 Å². The van der Waals surface area contributed by atoms with E-state index >= 15 is 0 Å². The van der Waals surface area contributed by atoms with Crippen LogP contribution >= 0.6 is 11.3 Å². The maximum Gasteiger partial charge on any atom is 0.0897 e. The van der Waals surface area contributed by atoms with Gasteiger partial charge in [-0.2, -0.15) is 0 Å². The number of rotatable bonds is 5. The van der Waals surface area contributed by atoms with E-state index in [4.69, 9.17) is 10.6 Å². The summed E-state index contributed by atoms with van der Waals surface area (Å²) in [6, 6.07) is 0.218. The summed E-state index contributed by atoms with van der Waals surface area (Å²) in [7, 11) is 0. The van der Waals surface area contributed by atoms with E-state index in [-0.39, 0.29) is 6.04 Å². The van der Waals surface area contributed by atoms with E-state index < -0.39 is 0 Å². The molecule has 0 spiro atoms. The summed E-state index contributed by atoms with van der Waals surface area (Å²) in [5, 5.41) is 1.09. The number of thiazole rings is 1. The van der Waals surface area contributed by atoms with E-state index in [9.17, 15) is 0 Å². The van der Waals surface area contributed by atoms with E-state index in [1.165, 1.54) is 17.7 Å². The summed E-state index contributed by atoms with van der Waals surface area (Å²) in [4.78, 5) is 5.48. The SMILES string of the molecule is Cc1ncc(C(CCC2CCCO2)NN)s1. The molecule has 0 bridgehead atoms. The van der Waals surface area contributed by atoms with Crippen molar-refractivity contribution in [3.8, 4) is 0 Å². The molecule has 0 aliphatic carbocycles. The molecule has 16 heavy (non-hydrogen) atoms. The third kappa shape index (κ3) is 3.01. The molecule has 1 saturated heterocycles. The fourth-order valence-corrected chi connectivity index (χ4v) is 2.95. The Morgan fingerprint density at radius 3 is 3.19 bits per heavy atom. The third-order valence-corrected chi connectivity index (χ3v) is 4.01. The lowest BCUT2D eigenvalue weighted by Gasteiger charge is -2.16. The Hall–Kier alpha value is -0.490. The Kier molecular flexibility index (Phi) is 4.29. The van der Waals surface area contributed by atoms with Gasteiger partial charge in [-0.15, -0.1) is 11.3 Å². The normalized spacial score (nSPS) is 22.5. The predicted octanol–water partition coefficient (Wildman–Crippen LogP) is 1.92. The van der Waals surface area contributed by atoms with Crippen LogP contribution < -0.4 is 11.3 Å². The van der Waals surface area contributed by atoms with Gasteiger partial charge in [0, 0.05) is 17.7 Å². The van der Waals surface area contributed by atoms with Gasteiger partial charge in [0.25, 0.3) is 0 Å². The molecule has 1 aromatic rings. The molecule has 2 heterocycles. The van der Waals surface area contributed by atoms with E-state index in [0.717, 1.165) is 24.5 Å². The maximum atomic E-state index is 5.61. The number of ether oxygens (including phenoxy) is 1. The highest BCUT2D eigenvalue weighted by Crippen LogP contribution is 2.26. The second-order valence-electron chi connectivity index (χ2n) is 4.21. The molecule has 1 aliphatic heterocycles. The minimum absolute atomic E-state index is 0.218. The lowest BCUT2D eigenvalue weighted by atomic mass is 10.1. The van der Waals surface area contributed by atoms with Crippen LogP contribution in [-0.4, -0.2) is 17.7 Å². The number of nitrogens with one attached hydrogen (secondary N) is 1. The molecule has 1 aromatic heterocycles. The molecular formula is C11H19N3OS. The van der Waals surface area contributed by atoms with Crippen molar-refractivity contribution in [3.05, 3.63) is 16.1 Å². The zero-order valence-corrected chi connectivity index (χ0v) is 10.4. The van der Waals surface area contributed by atoms with Gasteiger partial charge in [-0.25, -0.2) is 4.98 Å². The van der Waals surface area contributed by atoms with Crippen LogP contribution in [-0.2, 0) is 4.74 Å². The van der Waals surface area contributed by atoms with Crippen LogP contribution in [0.3, 0.4) is 0 Å². The van der Waals surface area contributed by atoms with Crippen molar-refractivity contribution in [2.45, 2.75) is 44.8 Å². The highest BCUT2D eigenvalue weighted by atomic mass is 32.1. The van der Waals surface area contributed by atoms with Crippen molar-refractivity contribution in [2.24, 2.45) is 5.84 Å². The Morgan fingerprint density at radius 2 is 2.62 bits per heavy atom. The Labute approximate surface area is 100 Å². The highest BCUT2D eigenvalue weighted by Gasteiger charge is 2.19. The first-order chi connectivity index (χ1) is 7.79. The van der Waals surface area contributed by atoms with Crippen LogP contribution in [0.4, 0.5) is 0 Å². The van der Waals surface area contributed by atoms with Gasteiger partial charge in [0.15, 0.2) is 0 Å². The largest absolute Gasteiger partial charge is 0.378 e. The highest BCUT2D eigenvalue weighted by molar-refractivity contribution is 7.11. The fraction of sp³-hybridized carbons (Fsp3) is 0.727. The summed E-state index contributed by atoms with van der Waals surface area (Å²) < 4.78 is 5.61. The summed E-state index contributed by atoms with van der Waals surface area (Å²) in [5.41, 5.74) is 2.87. The first-order valence-corrected chi connectivity index (χ1v) is 6.61. The van der Waals surface area contributed by atoms with Crippen molar-refractivity contribution in [1.29, 1.82) is 0 Å². The third-order valence-electron chi connectivity index (χ3n) is 2.99. The molecule has 1 aliphatic rings. The van der Waals surface area contributed by atoms with Gasteiger partial charge in [0.05, 0.1) is 17.2 Å². The fourth-order valence-electron chi connectivity index (χ4n) is 2.07. The lowest BCUT2D eigenvalue weighted by Crippen LogP contribution is -2.28. The van der Waals surface area contributed by atoms with Crippen LogP contribution in [0.25, 0.3) is 0 Å². The van der Waals surface area contributed by atoms with Gasteiger partial charge in [-0.05, 0) is 32.6 Å². The molecule has 2 rings (SSSR count). The average molecular weight is 241 g/mol. The van der Waals surface area contributed by atoms with Gasteiger partial charge in [-0.3, -0.25) is 11.3 Å². The van der Waals surface area contributed by atoms with Crippen LogP contribution in [0, 0.1) is 6.92 Å². The van der Waals surface area contributed by atoms with Crippen LogP contribution in [0.5, 0.6) is 0 Å². The summed E-state index contributed by atoms with van der Waals surface area (Å²) in [6.07, 6.45) is 6.84. The molecule has 2 atom stereocenters. The van der Waals surface area contributed by atoms with E-state index in [1.807, 2.05) is 13.1 Å². The van der Waals surface area contributed by atoms with Crippen LogP contribution in [0.15, 0.2) is 6.20 Å². The molecule has 1 fully saturated rings. The number of nitrogens with two attached hydrogens (primary N) is 1. The van der Waals surface area contributed by atoms with E-state index in [2.05, 4.69) is 10.4 Å². The first kappa shape index (κ1) is 12.0. The standard InChI is InChI=1S/C11H19N3OS/c1-8-13-7-11(16-8)10(14-12)5-4-9-3-2-6-15-9/h7,9-10,14H,2-6,12H2,1H3. The van der Waals surface area contributed by atoms with Crippen LogP contribution in [0.2, 0.25) is 0 Å². The van der Waals surface area contributed by atoms with Crippen molar-refractivity contribution in [2.75, 3.05) is 6.61 Å². The number of aromatic nitrogens is 1. The summed E-state index contributed by atoms with van der Waals surface area (Å²) in [6.45, 7) is 2.94. The number of hydrazine groups is 1. The average Bonchev–Trinajstić information content (AvgIpc) is 2.91.